The van der Waals surface area contributed by atoms with Crippen LogP contribution in [0.25, 0.3) is 0 Å². The second-order valence-corrected chi connectivity index (χ2v) is 5.47. The van der Waals surface area contributed by atoms with Crippen LogP contribution in [-0.4, -0.2) is 41.3 Å². The maximum Gasteiger partial charge on any atom is 0.335 e. The predicted molar refractivity (Wildman–Crippen MR) is 75.0 cm³/mol. The van der Waals surface area contributed by atoms with Crippen molar-refractivity contribution in [3.05, 3.63) is 34.9 Å². The highest BCUT2D eigenvalue weighted by Crippen LogP contribution is 2.24. The standard InChI is InChI=1S/C15H18N2O4/c18-14(19)10-3-4-11-8-17(9-12(11)6-10)15(20)16-7-13-2-1-5-21-13/h3-4,6,13H,1-2,5,7-9H2,(H,16,20)(H,18,19). The van der Waals surface area contributed by atoms with Crippen molar-refractivity contribution in [1.29, 1.82) is 0 Å². The third-order valence-corrected chi connectivity index (χ3v) is 3.97. The van der Waals surface area contributed by atoms with Crippen LogP contribution in [0.15, 0.2) is 18.2 Å². The Labute approximate surface area is 122 Å². The van der Waals surface area contributed by atoms with E-state index in [4.69, 9.17) is 9.84 Å². The molecule has 2 aliphatic heterocycles. The number of carboxylic acid groups (broad SMARTS) is 1. The summed E-state index contributed by atoms with van der Waals surface area (Å²) in [6, 6.07) is 4.88. The molecular weight excluding hydrogens is 272 g/mol. The zero-order chi connectivity index (χ0) is 14.8. The van der Waals surface area contributed by atoms with Gasteiger partial charge in [0.1, 0.15) is 0 Å². The lowest BCUT2D eigenvalue weighted by Crippen LogP contribution is -2.40. The predicted octanol–water partition coefficient (Wildman–Crippen LogP) is 1.59. The summed E-state index contributed by atoms with van der Waals surface area (Å²) in [4.78, 5) is 24.8. The second kappa shape index (κ2) is 5.73. The first-order valence-electron chi connectivity index (χ1n) is 7.13. The topological polar surface area (TPSA) is 78.9 Å². The first-order valence-corrected chi connectivity index (χ1v) is 7.13. The van der Waals surface area contributed by atoms with Gasteiger partial charge in [-0.15, -0.1) is 0 Å². The van der Waals surface area contributed by atoms with Gasteiger partial charge in [-0.3, -0.25) is 0 Å². The molecule has 0 radical (unpaired) electrons. The average Bonchev–Trinajstić information content (AvgIpc) is 3.12. The molecule has 1 unspecified atom stereocenters. The van der Waals surface area contributed by atoms with Crippen LogP contribution >= 0.6 is 0 Å². The van der Waals surface area contributed by atoms with Crippen LogP contribution in [0.2, 0.25) is 0 Å². The van der Waals surface area contributed by atoms with Crippen LogP contribution < -0.4 is 5.32 Å². The van der Waals surface area contributed by atoms with Crippen molar-refractivity contribution in [1.82, 2.24) is 10.2 Å². The average molecular weight is 290 g/mol. The molecule has 0 aliphatic carbocycles. The second-order valence-electron chi connectivity index (χ2n) is 5.47. The van der Waals surface area contributed by atoms with Gasteiger partial charge in [0.2, 0.25) is 0 Å². The van der Waals surface area contributed by atoms with Crippen LogP contribution in [0.5, 0.6) is 0 Å². The molecule has 1 saturated heterocycles. The minimum atomic E-state index is -0.945. The highest BCUT2D eigenvalue weighted by Gasteiger charge is 2.25. The number of nitrogens with zero attached hydrogens (tertiary/aromatic N) is 1. The summed E-state index contributed by atoms with van der Waals surface area (Å²) < 4.78 is 5.47. The number of amides is 2. The van der Waals surface area contributed by atoms with E-state index in [2.05, 4.69) is 5.32 Å². The molecule has 1 fully saturated rings. The molecule has 3 rings (SSSR count). The number of hydrogen-bond acceptors (Lipinski definition) is 3. The molecule has 2 aliphatic rings. The van der Waals surface area contributed by atoms with Gasteiger partial charge in [0.05, 0.1) is 11.7 Å². The molecule has 2 N–H and O–H groups in total. The number of nitrogens with one attached hydrogen (secondary N) is 1. The molecule has 0 bridgehead atoms. The van der Waals surface area contributed by atoms with Crippen LogP contribution in [0.4, 0.5) is 4.79 Å². The minimum Gasteiger partial charge on any atom is -0.478 e. The maximum absolute atomic E-state index is 12.1. The fourth-order valence-electron chi connectivity index (χ4n) is 2.79. The smallest absolute Gasteiger partial charge is 0.335 e. The molecule has 2 heterocycles. The van der Waals surface area contributed by atoms with Crippen LogP contribution in [0.3, 0.4) is 0 Å². The van der Waals surface area contributed by atoms with Gasteiger partial charge in [-0.05, 0) is 36.1 Å². The number of aromatic carboxylic acids is 1. The molecule has 6 nitrogen and oxygen atoms in total. The quantitative estimate of drug-likeness (QED) is 0.886. The van der Waals surface area contributed by atoms with Gasteiger partial charge in [-0.2, -0.15) is 0 Å². The Hall–Kier alpha value is -2.08. The van der Waals surface area contributed by atoms with E-state index in [1.54, 1.807) is 23.1 Å². The van der Waals surface area contributed by atoms with Gasteiger partial charge in [0.25, 0.3) is 0 Å². The van der Waals surface area contributed by atoms with Crippen molar-refractivity contribution in [2.24, 2.45) is 0 Å². The summed E-state index contributed by atoms with van der Waals surface area (Å²) in [6.07, 6.45) is 2.16. The number of benzene rings is 1. The van der Waals surface area contributed by atoms with E-state index in [-0.39, 0.29) is 17.7 Å². The largest absolute Gasteiger partial charge is 0.478 e. The van der Waals surface area contributed by atoms with Gasteiger partial charge in [-0.25, -0.2) is 9.59 Å². The van der Waals surface area contributed by atoms with E-state index < -0.39 is 5.97 Å². The Bertz CT molecular complexity index is 567. The number of urea groups is 1. The number of carboxylic acids is 1. The number of hydrogen-bond donors (Lipinski definition) is 2. The highest BCUT2D eigenvalue weighted by molar-refractivity contribution is 5.88. The molecule has 0 aromatic heterocycles. The molecule has 1 aromatic rings. The summed E-state index contributed by atoms with van der Waals surface area (Å²) in [5, 5.41) is 11.9. The van der Waals surface area contributed by atoms with E-state index in [1.807, 2.05) is 0 Å². The van der Waals surface area contributed by atoms with Crippen LogP contribution in [0.1, 0.15) is 34.3 Å². The number of fused-ring (bicyclic) bond motifs is 1. The molecular formula is C15H18N2O4. The Morgan fingerprint density at radius 3 is 2.86 bits per heavy atom. The minimum absolute atomic E-state index is 0.123. The normalized spacial score (nSPS) is 20.4. The Balaban J connectivity index is 1.58. The molecule has 6 heteroatoms. The third-order valence-electron chi connectivity index (χ3n) is 3.97. The van der Waals surface area contributed by atoms with E-state index >= 15 is 0 Å². The van der Waals surface area contributed by atoms with E-state index in [0.717, 1.165) is 30.6 Å². The molecule has 2 amide bonds. The number of rotatable bonds is 3. The highest BCUT2D eigenvalue weighted by atomic mass is 16.5. The Kier molecular flexibility index (Phi) is 3.79. The van der Waals surface area contributed by atoms with Crippen LogP contribution in [-0.2, 0) is 17.8 Å². The monoisotopic (exact) mass is 290 g/mol. The first kappa shape index (κ1) is 13.9. The number of carbonyl (C=O) groups is 2. The molecule has 112 valence electrons. The Morgan fingerprint density at radius 2 is 2.14 bits per heavy atom. The summed E-state index contributed by atoms with van der Waals surface area (Å²) in [5.41, 5.74) is 2.17. The van der Waals surface area contributed by atoms with Crippen molar-refractivity contribution < 1.29 is 19.4 Å². The van der Waals surface area contributed by atoms with E-state index in [1.165, 1.54) is 0 Å². The van der Waals surface area contributed by atoms with Crippen molar-refractivity contribution in [3.8, 4) is 0 Å². The van der Waals surface area contributed by atoms with Crippen LogP contribution in [0, 0.1) is 0 Å². The zero-order valence-electron chi connectivity index (χ0n) is 11.7. The maximum atomic E-state index is 12.1. The van der Waals surface area contributed by atoms with Gasteiger partial charge < -0.3 is 20.1 Å². The summed E-state index contributed by atoms with van der Waals surface area (Å²) in [7, 11) is 0. The fourth-order valence-corrected chi connectivity index (χ4v) is 2.79. The molecule has 0 saturated carbocycles. The molecule has 1 atom stereocenters. The van der Waals surface area contributed by atoms with Crippen molar-refractivity contribution in [2.75, 3.05) is 13.2 Å². The number of carbonyl (C=O) groups excluding carboxylic acids is 1. The lowest BCUT2D eigenvalue weighted by Gasteiger charge is -2.18. The van der Waals surface area contributed by atoms with Crippen molar-refractivity contribution in [2.45, 2.75) is 32.0 Å². The van der Waals surface area contributed by atoms with Gasteiger partial charge in [0, 0.05) is 26.2 Å². The summed E-state index contributed by atoms with van der Waals surface area (Å²) in [6.45, 7) is 2.28. The van der Waals surface area contributed by atoms with Crippen molar-refractivity contribution >= 4 is 12.0 Å². The Morgan fingerprint density at radius 1 is 1.33 bits per heavy atom. The van der Waals surface area contributed by atoms with Crippen molar-refractivity contribution in [3.63, 3.8) is 0 Å². The third kappa shape index (κ3) is 3.00. The molecule has 0 spiro atoms. The summed E-state index contributed by atoms with van der Waals surface area (Å²) >= 11 is 0. The first-order chi connectivity index (χ1) is 10.1. The fraction of sp³-hybridized carbons (Fsp3) is 0.467. The molecule has 21 heavy (non-hydrogen) atoms. The lowest BCUT2D eigenvalue weighted by atomic mass is 10.1. The zero-order valence-corrected chi connectivity index (χ0v) is 11.7. The van der Waals surface area contributed by atoms with E-state index in [9.17, 15) is 9.59 Å². The lowest BCUT2D eigenvalue weighted by molar-refractivity contribution is 0.0696. The molecule has 1 aromatic carbocycles. The van der Waals surface area contributed by atoms with E-state index in [0.29, 0.717) is 19.6 Å². The SMILES string of the molecule is O=C(O)c1ccc2c(c1)CN(C(=O)NCC1CCCO1)C2. The summed E-state index contributed by atoms with van der Waals surface area (Å²) in [5.74, 6) is -0.945. The number of ether oxygens (including phenoxy) is 1. The van der Waals surface area contributed by atoms with Gasteiger partial charge >= 0.3 is 12.0 Å². The van der Waals surface area contributed by atoms with Gasteiger partial charge in [-0.1, -0.05) is 6.07 Å². The van der Waals surface area contributed by atoms with Gasteiger partial charge in [0.15, 0.2) is 0 Å².